The molecule has 0 aliphatic rings. The average molecular weight is 1730 g/mol. The summed E-state index contributed by atoms with van der Waals surface area (Å²) in [4.78, 5) is 0. The van der Waals surface area contributed by atoms with Crippen LogP contribution in [-0.4, -0.2) is 18.3 Å². The smallest absolute Gasteiger partial charge is 0.137 e. The number of rotatable bonds is 5. The van der Waals surface area contributed by atoms with Gasteiger partial charge in [-0.1, -0.05) is 238 Å². The average Bonchev–Trinajstić information content (AvgIpc) is 1.57. The first-order valence-electron chi connectivity index (χ1n) is 37.7. The molecular weight excluding hydrogens is 1660 g/mol. The molecule has 0 fully saturated rings. The van der Waals surface area contributed by atoms with Crippen molar-refractivity contribution in [1.82, 2.24) is 18.3 Å². The van der Waals surface area contributed by atoms with Crippen LogP contribution in [0.3, 0.4) is 0 Å². The highest BCUT2D eigenvalue weighted by Gasteiger charge is 2.25. The van der Waals surface area contributed by atoms with Gasteiger partial charge in [0.25, 0.3) is 0 Å². The van der Waals surface area contributed by atoms with E-state index in [1.165, 1.54) is 104 Å². The third kappa shape index (κ3) is 11.0. The minimum atomic E-state index is 0.908. The molecule has 0 atom stereocenters. The van der Waals surface area contributed by atoms with Crippen LogP contribution in [0, 0.1) is 0 Å². The molecule has 0 saturated carbocycles. The molecule has 25 aromatic rings. The van der Waals surface area contributed by atoms with E-state index < -0.39 is 0 Å². The zero-order valence-corrected chi connectivity index (χ0v) is 66.9. The van der Waals surface area contributed by atoms with Gasteiger partial charge in [0.05, 0.1) is 54.9 Å². The lowest BCUT2D eigenvalue weighted by molar-refractivity contribution is 0.669. The standard InChI is InChI=1S/C30H18BrNO.3C24H14BrNO/c31-21-13-14-23-24-15-16-28-29(25-11-4-5-12-27(25)33-28)30(24)32(26(23)18-21)22-10-6-9-20(17-22)19-7-2-1-3-8-19;25-20-11-6-10-17-18-13-19-16-9-4-5-12-22(16)27-23(19)14-21(18)26(24(17)20)15-7-2-1-3-8-15;25-18-11-6-10-17-22-19(26(24(17)18)15-7-2-1-3-8-15)13-14-21-23(22)16-9-4-5-12-20(16)27-21;25-15-10-11-17-18-12-13-22-23(19-8-4-5-9-21(19)27-22)24(18)26(20(17)14-15)16-6-2-1-3-7-16/h1-18H;3*1-14H. The normalized spacial score (nSPS) is 11.9. The van der Waals surface area contributed by atoms with Gasteiger partial charge in [0.2, 0.25) is 0 Å². The molecule has 12 heteroatoms. The summed E-state index contributed by atoms with van der Waals surface area (Å²) in [6.07, 6.45) is 0. The first-order chi connectivity index (χ1) is 56.2. The SMILES string of the molecule is Brc1ccc2c3ccc4oc5ccccc5c4c3n(-c3cccc(-c4ccccc4)c3)c2c1.Brc1ccc2c3ccc4oc5ccccc5c4c3n(-c3ccccc3)c2c1.Brc1cccc2c3c4c(ccc3n(-c3ccccc3)c12)oc1ccccc14.Brc1cccc2c3cc4c(cc3n(-c3ccccc3)c12)oc1ccccc14. The Hall–Kier alpha value is -12.9. The van der Waals surface area contributed by atoms with Crippen LogP contribution in [-0.2, 0) is 0 Å². The van der Waals surface area contributed by atoms with Crippen LogP contribution in [0.15, 0.2) is 400 Å². The van der Waals surface area contributed by atoms with Crippen LogP contribution in [0.1, 0.15) is 0 Å². The van der Waals surface area contributed by atoms with E-state index in [1.54, 1.807) is 0 Å². The summed E-state index contributed by atoms with van der Waals surface area (Å²) in [7, 11) is 0. The van der Waals surface area contributed by atoms with Crippen LogP contribution in [0.4, 0.5) is 0 Å². The van der Waals surface area contributed by atoms with E-state index in [0.717, 1.165) is 123 Å². The van der Waals surface area contributed by atoms with Gasteiger partial charge >= 0.3 is 0 Å². The zero-order chi connectivity index (χ0) is 75.8. The molecule has 25 rings (SSSR count). The maximum Gasteiger partial charge on any atom is 0.137 e. The van der Waals surface area contributed by atoms with Gasteiger partial charge < -0.3 is 35.9 Å². The zero-order valence-electron chi connectivity index (χ0n) is 60.6. The van der Waals surface area contributed by atoms with Crippen molar-refractivity contribution in [2.75, 3.05) is 0 Å². The molecule has 8 heterocycles. The van der Waals surface area contributed by atoms with Crippen molar-refractivity contribution in [3.63, 3.8) is 0 Å². The Labute approximate surface area is 684 Å². The maximum atomic E-state index is 6.24. The monoisotopic (exact) mass is 1720 g/mol. The first-order valence-corrected chi connectivity index (χ1v) is 40.9. The number of halogens is 4. The number of aromatic nitrogens is 4. The van der Waals surface area contributed by atoms with Crippen LogP contribution in [0.2, 0.25) is 0 Å². The summed E-state index contributed by atoms with van der Waals surface area (Å²) < 4.78 is 38.3. The minimum absolute atomic E-state index is 0.908. The van der Waals surface area contributed by atoms with E-state index in [1.807, 2.05) is 60.7 Å². The van der Waals surface area contributed by atoms with Crippen LogP contribution in [0.25, 0.3) is 209 Å². The highest BCUT2D eigenvalue weighted by molar-refractivity contribution is 9.11. The Kier molecular flexibility index (Phi) is 16.4. The number of hydrogen-bond donors (Lipinski definition) is 0. The molecule has 0 amide bonds. The molecule has 0 unspecified atom stereocenters. The molecule has 8 nitrogen and oxygen atoms in total. The Morgan fingerprint density at radius 2 is 0.535 bits per heavy atom. The van der Waals surface area contributed by atoms with Crippen molar-refractivity contribution in [1.29, 1.82) is 0 Å². The molecule has 540 valence electrons. The van der Waals surface area contributed by atoms with Gasteiger partial charge in [-0.15, -0.1) is 0 Å². The van der Waals surface area contributed by atoms with Gasteiger partial charge in [-0.25, -0.2) is 0 Å². The van der Waals surface area contributed by atoms with Crippen LogP contribution < -0.4 is 0 Å². The first kappa shape index (κ1) is 67.9. The molecule has 0 bridgehead atoms. The number of benzene rings is 17. The minimum Gasteiger partial charge on any atom is -0.456 e. The van der Waals surface area contributed by atoms with Gasteiger partial charge in [0.15, 0.2) is 0 Å². The van der Waals surface area contributed by atoms with Crippen molar-refractivity contribution in [3.8, 4) is 33.9 Å². The molecule has 0 N–H and O–H groups in total. The molecule has 0 spiro atoms. The summed E-state index contributed by atoms with van der Waals surface area (Å²) in [5.74, 6) is 0. The molecule has 0 aliphatic heterocycles. The number of furan rings is 4. The highest BCUT2D eigenvalue weighted by Crippen LogP contribution is 2.48. The number of hydrogen-bond acceptors (Lipinski definition) is 4. The van der Waals surface area contributed by atoms with E-state index in [2.05, 4.69) is 385 Å². The maximum absolute atomic E-state index is 6.24. The largest absolute Gasteiger partial charge is 0.456 e. The molecule has 8 aromatic heterocycles. The molecule has 114 heavy (non-hydrogen) atoms. The van der Waals surface area contributed by atoms with E-state index in [-0.39, 0.29) is 0 Å². The quantitative estimate of drug-likeness (QED) is 0.172. The summed E-state index contributed by atoms with van der Waals surface area (Å²) in [6, 6.07) is 127. The van der Waals surface area contributed by atoms with Gasteiger partial charge in [-0.3, -0.25) is 0 Å². The lowest BCUT2D eigenvalue weighted by Gasteiger charge is -2.11. The van der Waals surface area contributed by atoms with E-state index in [9.17, 15) is 0 Å². The van der Waals surface area contributed by atoms with Crippen LogP contribution >= 0.6 is 63.7 Å². The molecule has 0 radical (unpaired) electrons. The third-order valence-corrected chi connectivity index (χ3v) is 24.5. The second-order valence-corrected chi connectivity index (χ2v) is 32.2. The van der Waals surface area contributed by atoms with Gasteiger partial charge in [-0.05, 0) is 195 Å². The number of para-hydroxylation sites is 9. The third-order valence-electron chi connectivity index (χ3n) is 22.2. The number of nitrogens with zero attached hydrogens (tertiary/aromatic N) is 4. The Bertz CT molecular complexity index is 8170. The lowest BCUT2D eigenvalue weighted by atomic mass is 10.0. The van der Waals surface area contributed by atoms with Gasteiger partial charge in [-0.2, -0.15) is 0 Å². The van der Waals surface area contributed by atoms with Crippen molar-refractivity contribution < 1.29 is 17.7 Å². The summed E-state index contributed by atoms with van der Waals surface area (Å²) in [5, 5.41) is 19.1. The Morgan fingerprint density at radius 1 is 0.175 bits per heavy atom. The molecule has 0 aliphatic carbocycles. The Balaban J connectivity index is 0.0000000930. The van der Waals surface area contributed by atoms with Crippen LogP contribution in [0.5, 0.6) is 0 Å². The van der Waals surface area contributed by atoms with Crippen molar-refractivity contribution in [3.05, 3.63) is 382 Å². The fraction of sp³-hybridized carbons (Fsp3) is 0. The highest BCUT2D eigenvalue weighted by atomic mass is 79.9. The Morgan fingerprint density at radius 3 is 1.08 bits per heavy atom. The summed E-state index contributed by atoms with van der Waals surface area (Å²) in [5.41, 5.74) is 23.7. The topological polar surface area (TPSA) is 72.3 Å². The van der Waals surface area contributed by atoms with E-state index in [0.29, 0.717) is 0 Å². The predicted octanol–water partition coefficient (Wildman–Crippen LogP) is 31.4. The van der Waals surface area contributed by atoms with Gasteiger partial charge in [0, 0.05) is 122 Å². The lowest BCUT2D eigenvalue weighted by Crippen LogP contribution is -1.95. The second kappa shape index (κ2) is 27.5. The molecular formula is C102H60Br4N4O4. The van der Waals surface area contributed by atoms with Crippen molar-refractivity contribution >= 4 is 239 Å². The summed E-state index contributed by atoms with van der Waals surface area (Å²) >= 11 is 14.9. The fourth-order valence-electron chi connectivity index (χ4n) is 17.4. The van der Waals surface area contributed by atoms with E-state index >= 15 is 0 Å². The second-order valence-electron chi connectivity index (χ2n) is 28.6. The van der Waals surface area contributed by atoms with E-state index in [4.69, 9.17) is 17.7 Å². The summed E-state index contributed by atoms with van der Waals surface area (Å²) in [6.45, 7) is 0. The van der Waals surface area contributed by atoms with Crippen molar-refractivity contribution in [2.24, 2.45) is 0 Å². The number of fused-ring (bicyclic) bond motifs is 27. The molecule has 0 saturated heterocycles. The fourth-order valence-corrected chi connectivity index (χ4v) is 19.2. The predicted molar refractivity (Wildman–Crippen MR) is 488 cm³/mol. The van der Waals surface area contributed by atoms with Gasteiger partial charge in [0.1, 0.15) is 44.7 Å². The van der Waals surface area contributed by atoms with Crippen molar-refractivity contribution in [2.45, 2.75) is 0 Å². The molecule has 17 aromatic carbocycles.